The van der Waals surface area contributed by atoms with Crippen LogP contribution in [-0.4, -0.2) is 27.4 Å². The zero-order chi connectivity index (χ0) is 13.4. The highest BCUT2D eigenvalue weighted by Crippen LogP contribution is 2.29. The van der Waals surface area contributed by atoms with E-state index in [9.17, 15) is 0 Å². The van der Waals surface area contributed by atoms with Crippen molar-refractivity contribution in [3.8, 4) is 5.75 Å². The van der Waals surface area contributed by atoms with Crippen LogP contribution in [0.2, 0.25) is 0 Å². The minimum Gasteiger partial charge on any atom is -0.496 e. The molecule has 0 saturated heterocycles. The first kappa shape index (κ1) is 15.0. The fourth-order valence-corrected chi connectivity index (χ4v) is 2.15. The largest absolute Gasteiger partial charge is 0.496 e. The first-order valence-electron chi connectivity index (χ1n) is 6.59. The summed E-state index contributed by atoms with van der Waals surface area (Å²) >= 11 is 0. The lowest BCUT2D eigenvalue weighted by atomic mass is 9.99. The molecule has 0 aliphatic rings. The molecule has 3 heteroatoms. The van der Waals surface area contributed by atoms with E-state index in [2.05, 4.69) is 37.4 Å². The lowest BCUT2D eigenvalue weighted by molar-refractivity contribution is 0.188. The van der Waals surface area contributed by atoms with Crippen LogP contribution >= 0.6 is 0 Å². The second kappa shape index (κ2) is 8.11. The molecular formula is C15H25NO2. The maximum Gasteiger partial charge on any atom is 0.123 e. The zero-order valence-electron chi connectivity index (χ0n) is 12.0. The molecule has 102 valence electrons. The van der Waals surface area contributed by atoms with Crippen molar-refractivity contribution in [1.82, 2.24) is 5.32 Å². The summed E-state index contributed by atoms with van der Waals surface area (Å²) in [4.78, 5) is 0. The Kier molecular flexibility index (Phi) is 6.76. The van der Waals surface area contributed by atoms with Crippen LogP contribution in [0.15, 0.2) is 18.2 Å². The van der Waals surface area contributed by atoms with Crippen LogP contribution in [0, 0.1) is 6.92 Å². The number of hydrogen-bond donors (Lipinski definition) is 1. The van der Waals surface area contributed by atoms with E-state index in [1.54, 1.807) is 14.2 Å². The van der Waals surface area contributed by atoms with E-state index in [0.29, 0.717) is 6.04 Å². The summed E-state index contributed by atoms with van der Waals surface area (Å²) in [5.74, 6) is 0.971. The molecule has 0 aliphatic heterocycles. The number of aryl methyl sites for hydroxylation is 1. The Bertz CT molecular complexity index is 352. The Labute approximate surface area is 110 Å². The fourth-order valence-electron chi connectivity index (χ4n) is 2.15. The van der Waals surface area contributed by atoms with E-state index in [4.69, 9.17) is 9.47 Å². The molecule has 1 atom stereocenters. The van der Waals surface area contributed by atoms with Crippen molar-refractivity contribution >= 4 is 0 Å². The maximum absolute atomic E-state index is 5.49. The molecule has 1 aromatic carbocycles. The average Bonchev–Trinajstić information content (AvgIpc) is 2.38. The van der Waals surface area contributed by atoms with Crippen LogP contribution in [0.25, 0.3) is 0 Å². The van der Waals surface area contributed by atoms with Crippen LogP contribution < -0.4 is 10.1 Å². The summed E-state index contributed by atoms with van der Waals surface area (Å²) in [7, 11) is 3.48. The second-order valence-electron chi connectivity index (χ2n) is 4.49. The van der Waals surface area contributed by atoms with Gasteiger partial charge in [0.05, 0.1) is 7.11 Å². The molecule has 1 N–H and O–H groups in total. The fraction of sp³-hybridized carbons (Fsp3) is 0.600. The first-order chi connectivity index (χ1) is 8.72. The Morgan fingerprint density at radius 2 is 2.06 bits per heavy atom. The molecule has 1 aromatic rings. The molecule has 0 saturated carbocycles. The number of nitrogens with one attached hydrogen (secondary N) is 1. The van der Waals surface area contributed by atoms with Gasteiger partial charge in [-0.1, -0.05) is 19.1 Å². The van der Waals surface area contributed by atoms with Crippen molar-refractivity contribution in [2.24, 2.45) is 0 Å². The van der Waals surface area contributed by atoms with Gasteiger partial charge in [0.15, 0.2) is 0 Å². The van der Waals surface area contributed by atoms with Gasteiger partial charge in [-0.2, -0.15) is 0 Å². The molecule has 0 spiro atoms. The van der Waals surface area contributed by atoms with Crippen LogP contribution in [0.4, 0.5) is 0 Å². The summed E-state index contributed by atoms with van der Waals surface area (Å²) in [5, 5.41) is 3.52. The number of benzene rings is 1. The lowest BCUT2D eigenvalue weighted by Crippen LogP contribution is -2.22. The Morgan fingerprint density at radius 3 is 2.67 bits per heavy atom. The van der Waals surface area contributed by atoms with Gasteiger partial charge in [0, 0.05) is 25.3 Å². The number of hydrogen-bond acceptors (Lipinski definition) is 3. The quantitative estimate of drug-likeness (QED) is 0.720. The highest BCUT2D eigenvalue weighted by molar-refractivity contribution is 5.39. The number of methoxy groups -OCH3 is 2. The van der Waals surface area contributed by atoms with Crippen molar-refractivity contribution < 1.29 is 9.47 Å². The molecule has 0 heterocycles. The highest BCUT2D eigenvalue weighted by atomic mass is 16.5. The topological polar surface area (TPSA) is 30.5 Å². The van der Waals surface area contributed by atoms with Gasteiger partial charge in [0.1, 0.15) is 5.75 Å². The standard InChI is InChI=1S/C15H25NO2/c1-5-16-14(7-6-10-17-3)13-9-8-12(2)11-15(13)18-4/h8-9,11,14,16H,5-7,10H2,1-4H3. The van der Waals surface area contributed by atoms with Crippen LogP contribution in [0.3, 0.4) is 0 Å². The van der Waals surface area contributed by atoms with Gasteiger partial charge < -0.3 is 14.8 Å². The Hall–Kier alpha value is -1.06. The van der Waals surface area contributed by atoms with Crippen molar-refractivity contribution in [3.63, 3.8) is 0 Å². The van der Waals surface area contributed by atoms with Gasteiger partial charge in [-0.05, 0) is 37.9 Å². The van der Waals surface area contributed by atoms with Crippen LogP contribution in [-0.2, 0) is 4.74 Å². The third-order valence-corrected chi connectivity index (χ3v) is 3.06. The Morgan fingerprint density at radius 1 is 1.28 bits per heavy atom. The molecule has 0 fully saturated rings. The zero-order valence-corrected chi connectivity index (χ0v) is 12.0. The molecule has 0 aromatic heterocycles. The van der Waals surface area contributed by atoms with Gasteiger partial charge in [0.25, 0.3) is 0 Å². The monoisotopic (exact) mass is 251 g/mol. The SMILES string of the molecule is CCNC(CCCOC)c1ccc(C)cc1OC. The third-order valence-electron chi connectivity index (χ3n) is 3.06. The normalized spacial score (nSPS) is 12.4. The molecule has 1 unspecified atom stereocenters. The molecule has 0 amide bonds. The molecule has 3 nitrogen and oxygen atoms in total. The highest BCUT2D eigenvalue weighted by Gasteiger charge is 2.14. The predicted molar refractivity (Wildman–Crippen MR) is 75.3 cm³/mol. The van der Waals surface area contributed by atoms with E-state index >= 15 is 0 Å². The summed E-state index contributed by atoms with van der Waals surface area (Å²) in [6.45, 7) is 5.97. The Balaban J connectivity index is 2.83. The number of rotatable bonds is 8. The van der Waals surface area contributed by atoms with Gasteiger partial charge in [0.2, 0.25) is 0 Å². The summed E-state index contributed by atoms with van der Waals surface area (Å²) in [6, 6.07) is 6.73. The molecule has 18 heavy (non-hydrogen) atoms. The maximum atomic E-state index is 5.49. The van der Waals surface area contributed by atoms with E-state index in [1.807, 2.05) is 0 Å². The molecule has 0 bridgehead atoms. The van der Waals surface area contributed by atoms with Gasteiger partial charge in [-0.25, -0.2) is 0 Å². The minimum absolute atomic E-state index is 0.334. The summed E-state index contributed by atoms with van der Waals surface area (Å²) in [6.07, 6.45) is 2.10. The van der Waals surface area contributed by atoms with Crippen molar-refractivity contribution in [2.45, 2.75) is 32.7 Å². The van der Waals surface area contributed by atoms with E-state index in [-0.39, 0.29) is 0 Å². The van der Waals surface area contributed by atoms with Crippen molar-refractivity contribution in [3.05, 3.63) is 29.3 Å². The van der Waals surface area contributed by atoms with Crippen molar-refractivity contribution in [2.75, 3.05) is 27.4 Å². The van der Waals surface area contributed by atoms with E-state index in [0.717, 1.165) is 31.7 Å². The summed E-state index contributed by atoms with van der Waals surface area (Å²) < 4.78 is 10.6. The third kappa shape index (κ3) is 4.31. The van der Waals surface area contributed by atoms with Crippen LogP contribution in [0.1, 0.15) is 36.9 Å². The number of ether oxygens (including phenoxy) is 2. The van der Waals surface area contributed by atoms with Crippen molar-refractivity contribution in [1.29, 1.82) is 0 Å². The molecule has 0 aliphatic carbocycles. The first-order valence-corrected chi connectivity index (χ1v) is 6.59. The average molecular weight is 251 g/mol. The van der Waals surface area contributed by atoms with E-state index < -0.39 is 0 Å². The smallest absolute Gasteiger partial charge is 0.123 e. The van der Waals surface area contributed by atoms with Gasteiger partial charge in [-0.15, -0.1) is 0 Å². The summed E-state index contributed by atoms with van der Waals surface area (Å²) in [5.41, 5.74) is 2.46. The molecular weight excluding hydrogens is 226 g/mol. The second-order valence-corrected chi connectivity index (χ2v) is 4.49. The minimum atomic E-state index is 0.334. The molecule has 1 rings (SSSR count). The van der Waals surface area contributed by atoms with E-state index in [1.165, 1.54) is 11.1 Å². The van der Waals surface area contributed by atoms with Gasteiger partial charge >= 0.3 is 0 Å². The predicted octanol–water partition coefficient (Wildman–Crippen LogP) is 3.08. The van der Waals surface area contributed by atoms with Crippen LogP contribution in [0.5, 0.6) is 5.75 Å². The molecule has 0 radical (unpaired) electrons. The lowest BCUT2D eigenvalue weighted by Gasteiger charge is -2.21. The van der Waals surface area contributed by atoms with Gasteiger partial charge in [-0.3, -0.25) is 0 Å².